The van der Waals surface area contributed by atoms with E-state index in [4.69, 9.17) is 11.6 Å². The molecule has 2 rings (SSSR count). The van der Waals surface area contributed by atoms with E-state index >= 15 is 0 Å². The molecule has 0 unspecified atom stereocenters. The van der Waals surface area contributed by atoms with Gasteiger partial charge in [0.1, 0.15) is 11.9 Å². The summed E-state index contributed by atoms with van der Waals surface area (Å²) in [5.74, 6) is -0.924. The Morgan fingerprint density at radius 1 is 1.08 bits per heavy atom. The lowest BCUT2D eigenvalue weighted by atomic mass is 10.1. The van der Waals surface area contributed by atoms with E-state index in [9.17, 15) is 22.4 Å². The predicted molar refractivity (Wildman–Crippen MR) is 147 cm³/mol. The second-order valence-corrected chi connectivity index (χ2v) is 11.6. The van der Waals surface area contributed by atoms with E-state index in [0.717, 1.165) is 18.2 Å². The molecule has 1 N–H and O–H groups in total. The van der Waals surface area contributed by atoms with Crippen LogP contribution in [0.15, 0.2) is 42.5 Å². The monoisotopic (exact) mass is 553 g/mol. The van der Waals surface area contributed by atoms with Crippen molar-refractivity contribution in [2.75, 3.05) is 17.1 Å². The Hall–Kier alpha value is -2.65. The molecule has 0 spiro atoms. The van der Waals surface area contributed by atoms with E-state index in [-0.39, 0.29) is 49.6 Å². The number of amides is 2. The van der Waals surface area contributed by atoms with Crippen LogP contribution < -0.4 is 9.62 Å². The van der Waals surface area contributed by atoms with Gasteiger partial charge in [-0.25, -0.2) is 12.8 Å². The van der Waals surface area contributed by atoms with E-state index in [1.54, 1.807) is 37.3 Å². The van der Waals surface area contributed by atoms with Crippen molar-refractivity contribution in [1.29, 1.82) is 0 Å². The minimum absolute atomic E-state index is 0.0277. The predicted octanol–water partition coefficient (Wildman–Crippen LogP) is 5.06. The highest BCUT2D eigenvalue weighted by Crippen LogP contribution is 2.27. The molecule has 0 radical (unpaired) electrons. The van der Waals surface area contributed by atoms with E-state index in [2.05, 4.69) is 5.32 Å². The van der Waals surface area contributed by atoms with Gasteiger partial charge in [-0.15, -0.1) is 0 Å². The Morgan fingerprint density at radius 2 is 1.73 bits per heavy atom. The number of carbonyl (C=O) groups is 2. The number of rotatable bonds is 13. The van der Waals surface area contributed by atoms with Gasteiger partial charge < -0.3 is 10.2 Å². The molecule has 0 fully saturated rings. The summed E-state index contributed by atoms with van der Waals surface area (Å²) in [6, 6.07) is 10.1. The number of sulfonamides is 1. The molecule has 2 atom stereocenters. The smallest absolute Gasteiger partial charge is 0.243 e. The molecular weight excluding hydrogens is 517 g/mol. The van der Waals surface area contributed by atoms with Crippen LogP contribution in [0.1, 0.15) is 57.6 Å². The summed E-state index contributed by atoms with van der Waals surface area (Å²) < 4.78 is 39.8. The van der Waals surface area contributed by atoms with Crippen molar-refractivity contribution in [3.63, 3.8) is 0 Å². The van der Waals surface area contributed by atoms with Crippen molar-refractivity contribution in [3.8, 4) is 0 Å². The van der Waals surface area contributed by atoms with Crippen molar-refractivity contribution >= 4 is 39.1 Å². The summed E-state index contributed by atoms with van der Waals surface area (Å²) in [5, 5.41) is 3.36. The average Bonchev–Trinajstić information content (AvgIpc) is 2.83. The molecule has 2 aromatic carbocycles. The van der Waals surface area contributed by atoms with Gasteiger partial charge in [0.15, 0.2) is 0 Å². The summed E-state index contributed by atoms with van der Waals surface area (Å²) in [5.41, 5.74) is 1.90. The van der Waals surface area contributed by atoms with Gasteiger partial charge in [0.05, 0.1) is 11.9 Å². The van der Waals surface area contributed by atoms with Gasteiger partial charge in [-0.1, -0.05) is 43.6 Å². The SMILES string of the molecule is CC[C@@H](C)NC(=O)[C@@H](CC)N(Cc1ccc(F)cc1)C(=O)CCCN(c1cc(Cl)ccc1C)S(C)(=O)=O. The summed E-state index contributed by atoms with van der Waals surface area (Å²) >= 11 is 6.11. The first-order valence-corrected chi connectivity index (χ1v) is 14.7. The fourth-order valence-electron chi connectivity index (χ4n) is 3.98. The van der Waals surface area contributed by atoms with E-state index in [1.807, 2.05) is 20.8 Å². The topological polar surface area (TPSA) is 86.8 Å². The highest BCUT2D eigenvalue weighted by atomic mass is 35.5. The number of nitrogens with one attached hydrogen (secondary N) is 1. The second kappa shape index (κ2) is 13.8. The summed E-state index contributed by atoms with van der Waals surface area (Å²) in [6.45, 7) is 7.69. The molecule has 0 bridgehead atoms. The molecule has 0 saturated heterocycles. The molecule has 7 nitrogen and oxygen atoms in total. The molecule has 0 saturated carbocycles. The van der Waals surface area contributed by atoms with Crippen LogP contribution >= 0.6 is 11.6 Å². The number of halogens is 2. The highest BCUT2D eigenvalue weighted by Gasteiger charge is 2.29. The maximum atomic E-state index is 13.4. The first-order chi connectivity index (χ1) is 17.4. The Balaban J connectivity index is 2.25. The Kier molecular flexibility index (Phi) is 11.4. The zero-order valence-corrected chi connectivity index (χ0v) is 23.7. The van der Waals surface area contributed by atoms with Crippen molar-refractivity contribution in [2.24, 2.45) is 0 Å². The van der Waals surface area contributed by atoms with E-state index < -0.39 is 16.1 Å². The number of anilines is 1. The molecule has 37 heavy (non-hydrogen) atoms. The van der Waals surface area contributed by atoms with Gasteiger partial charge in [-0.2, -0.15) is 0 Å². The molecule has 10 heteroatoms. The standard InChI is InChI=1S/C27H37ClFN3O4S/c1-6-20(4)30-27(34)24(7-2)31(18-21-11-14-23(29)15-12-21)26(33)9-8-16-32(37(5,35)36)25-17-22(28)13-10-19(25)3/h10-15,17,20,24H,6-9,16,18H2,1-5H3,(H,30,34)/t20-,24-/m1/s1. The number of aryl methyl sites for hydroxylation is 1. The molecule has 204 valence electrons. The molecule has 2 amide bonds. The minimum Gasteiger partial charge on any atom is -0.352 e. The molecule has 0 aliphatic heterocycles. The van der Waals surface area contributed by atoms with Crippen LogP contribution in [0.5, 0.6) is 0 Å². The van der Waals surface area contributed by atoms with Gasteiger partial charge in [0, 0.05) is 30.6 Å². The van der Waals surface area contributed by atoms with Crippen LogP contribution in [-0.2, 0) is 26.2 Å². The Morgan fingerprint density at radius 3 is 2.30 bits per heavy atom. The van der Waals surface area contributed by atoms with Crippen molar-refractivity contribution in [2.45, 2.75) is 72.0 Å². The van der Waals surface area contributed by atoms with Crippen LogP contribution in [0.3, 0.4) is 0 Å². The van der Waals surface area contributed by atoms with Crippen LogP contribution in [0.4, 0.5) is 10.1 Å². The highest BCUT2D eigenvalue weighted by molar-refractivity contribution is 7.92. The lowest BCUT2D eigenvalue weighted by molar-refractivity contribution is -0.141. The Labute approximate surface area is 225 Å². The van der Waals surface area contributed by atoms with Crippen molar-refractivity contribution < 1.29 is 22.4 Å². The fourth-order valence-corrected chi connectivity index (χ4v) is 5.16. The summed E-state index contributed by atoms with van der Waals surface area (Å²) in [6.07, 6.45) is 2.52. The molecule has 0 aliphatic rings. The van der Waals surface area contributed by atoms with Crippen molar-refractivity contribution in [3.05, 3.63) is 64.4 Å². The minimum atomic E-state index is -3.63. The van der Waals surface area contributed by atoms with Gasteiger partial charge in [-0.3, -0.25) is 13.9 Å². The maximum absolute atomic E-state index is 13.4. The van der Waals surface area contributed by atoms with Crippen LogP contribution in [0, 0.1) is 12.7 Å². The molecule has 0 aromatic heterocycles. The third-order valence-corrected chi connectivity index (χ3v) is 7.66. The van der Waals surface area contributed by atoms with E-state index in [1.165, 1.54) is 21.3 Å². The lowest BCUT2D eigenvalue weighted by Gasteiger charge is -2.32. The van der Waals surface area contributed by atoms with E-state index in [0.29, 0.717) is 22.7 Å². The van der Waals surface area contributed by atoms with Crippen LogP contribution in [0.2, 0.25) is 5.02 Å². The summed E-state index contributed by atoms with van der Waals surface area (Å²) in [4.78, 5) is 28.0. The molecule has 2 aromatic rings. The second-order valence-electron chi connectivity index (χ2n) is 9.26. The number of hydrogen-bond acceptors (Lipinski definition) is 4. The first kappa shape index (κ1) is 30.6. The van der Waals surface area contributed by atoms with Gasteiger partial charge in [0.25, 0.3) is 0 Å². The number of hydrogen-bond donors (Lipinski definition) is 1. The number of carbonyl (C=O) groups excluding carboxylic acids is 2. The zero-order valence-electron chi connectivity index (χ0n) is 22.1. The third-order valence-electron chi connectivity index (χ3n) is 6.25. The molecule has 0 aliphatic carbocycles. The van der Waals surface area contributed by atoms with Gasteiger partial charge in [0.2, 0.25) is 21.8 Å². The summed E-state index contributed by atoms with van der Waals surface area (Å²) in [7, 11) is -3.63. The molecule has 0 heterocycles. The van der Waals surface area contributed by atoms with Gasteiger partial charge in [-0.05, 0) is 68.5 Å². The van der Waals surface area contributed by atoms with Crippen LogP contribution in [-0.4, -0.2) is 50.0 Å². The van der Waals surface area contributed by atoms with Crippen molar-refractivity contribution in [1.82, 2.24) is 10.2 Å². The maximum Gasteiger partial charge on any atom is 0.243 e. The lowest BCUT2D eigenvalue weighted by Crippen LogP contribution is -2.50. The normalized spacial score (nSPS) is 13.1. The number of benzene rings is 2. The van der Waals surface area contributed by atoms with Crippen LogP contribution in [0.25, 0.3) is 0 Å². The number of nitrogens with zero attached hydrogens (tertiary/aromatic N) is 2. The third kappa shape index (κ3) is 9.00. The van der Waals surface area contributed by atoms with Gasteiger partial charge >= 0.3 is 0 Å². The Bertz CT molecular complexity index is 1170. The average molecular weight is 554 g/mol. The molecular formula is C27H37ClFN3O4S. The fraction of sp³-hybridized carbons (Fsp3) is 0.481. The largest absolute Gasteiger partial charge is 0.352 e. The quantitative estimate of drug-likeness (QED) is 0.376. The zero-order chi connectivity index (χ0) is 27.8. The first-order valence-electron chi connectivity index (χ1n) is 12.5.